The molecule has 2 aromatic rings. The van der Waals surface area contributed by atoms with Crippen molar-refractivity contribution in [1.82, 2.24) is 5.01 Å². The molecule has 3 nitrogen and oxygen atoms in total. The molecule has 3 heteroatoms. The fourth-order valence-electron chi connectivity index (χ4n) is 1.77. The van der Waals surface area contributed by atoms with Crippen LogP contribution in [0.25, 0.3) is 5.70 Å². The van der Waals surface area contributed by atoms with Gasteiger partial charge < -0.3 is 5.73 Å². The lowest BCUT2D eigenvalue weighted by Gasteiger charge is -2.15. The van der Waals surface area contributed by atoms with Crippen LogP contribution in [0.5, 0.6) is 0 Å². The smallest absolute Gasteiger partial charge is 0.0660 e. The van der Waals surface area contributed by atoms with Crippen molar-refractivity contribution in [2.24, 2.45) is 10.8 Å². The lowest BCUT2D eigenvalue weighted by atomic mass is 10.2. The molecule has 0 heterocycles. The van der Waals surface area contributed by atoms with Gasteiger partial charge in [0.15, 0.2) is 0 Å². The minimum atomic E-state index is 0.651. The highest BCUT2D eigenvalue weighted by Gasteiger charge is 2.01. The first-order chi connectivity index (χ1) is 9.29. The number of hydrazone groups is 1. The molecule has 0 aliphatic carbocycles. The van der Waals surface area contributed by atoms with Crippen molar-refractivity contribution in [1.29, 1.82) is 0 Å². The van der Waals surface area contributed by atoms with Crippen LogP contribution in [0.15, 0.2) is 72.0 Å². The van der Waals surface area contributed by atoms with Crippen LogP contribution in [0.2, 0.25) is 0 Å². The third-order valence-corrected chi connectivity index (χ3v) is 2.76. The number of nitrogens with two attached hydrogens (primary N) is 1. The second kappa shape index (κ2) is 6.40. The number of hydrogen-bond donors (Lipinski definition) is 1. The Bertz CT molecular complexity index is 547. The molecule has 2 rings (SSSR count). The highest BCUT2D eigenvalue weighted by molar-refractivity contribution is 5.61. The topological polar surface area (TPSA) is 41.6 Å². The fraction of sp³-hybridized carbons (Fsp3) is 0.0625. The Morgan fingerprint density at radius 3 is 2.21 bits per heavy atom. The first-order valence-corrected chi connectivity index (χ1v) is 6.09. The summed E-state index contributed by atoms with van der Waals surface area (Å²) in [6.45, 7) is 4.23. The van der Waals surface area contributed by atoms with Crippen LogP contribution in [0.4, 0.5) is 0 Å². The van der Waals surface area contributed by atoms with Crippen molar-refractivity contribution in [2.45, 2.75) is 6.54 Å². The molecule has 0 bridgehead atoms. The van der Waals surface area contributed by atoms with Gasteiger partial charge in [0.05, 0.1) is 12.2 Å². The minimum absolute atomic E-state index is 0.651. The molecule has 96 valence electrons. The van der Waals surface area contributed by atoms with E-state index >= 15 is 0 Å². The maximum atomic E-state index is 6.06. The molecule has 19 heavy (non-hydrogen) atoms. The first-order valence-electron chi connectivity index (χ1n) is 6.09. The van der Waals surface area contributed by atoms with Gasteiger partial charge >= 0.3 is 0 Å². The lowest BCUT2D eigenvalue weighted by molar-refractivity contribution is 0.396. The van der Waals surface area contributed by atoms with E-state index in [0.717, 1.165) is 11.1 Å². The van der Waals surface area contributed by atoms with Gasteiger partial charge in [-0.2, -0.15) is 5.10 Å². The van der Waals surface area contributed by atoms with E-state index in [1.165, 1.54) is 0 Å². The summed E-state index contributed by atoms with van der Waals surface area (Å²) < 4.78 is 0. The maximum absolute atomic E-state index is 6.06. The monoisotopic (exact) mass is 251 g/mol. The molecule has 2 N–H and O–H groups in total. The molecule has 0 spiro atoms. The zero-order valence-electron chi connectivity index (χ0n) is 10.7. The van der Waals surface area contributed by atoms with Gasteiger partial charge in [-0.3, -0.25) is 5.01 Å². The molecule has 0 saturated heterocycles. The Kier molecular flexibility index (Phi) is 4.34. The molecular formula is C16H17N3. The van der Waals surface area contributed by atoms with Gasteiger partial charge in [-0.05, 0) is 11.1 Å². The third-order valence-electron chi connectivity index (χ3n) is 2.76. The predicted molar refractivity (Wildman–Crippen MR) is 80.1 cm³/mol. The van der Waals surface area contributed by atoms with Gasteiger partial charge in [0.25, 0.3) is 0 Å². The quantitative estimate of drug-likeness (QED) is 0.655. The van der Waals surface area contributed by atoms with Gasteiger partial charge in [-0.1, -0.05) is 60.7 Å². The van der Waals surface area contributed by atoms with E-state index in [9.17, 15) is 0 Å². The zero-order valence-corrected chi connectivity index (χ0v) is 10.7. The van der Waals surface area contributed by atoms with E-state index in [-0.39, 0.29) is 0 Å². The SMILES string of the molecule is C=NN(/C=C(\N)c1ccccc1)Cc1ccccc1. The summed E-state index contributed by atoms with van der Waals surface area (Å²) in [6.07, 6.45) is 1.80. The molecule has 0 aliphatic heterocycles. The molecule has 0 radical (unpaired) electrons. The van der Waals surface area contributed by atoms with Crippen LogP contribution in [-0.2, 0) is 6.54 Å². The minimum Gasteiger partial charge on any atom is -0.397 e. The average molecular weight is 251 g/mol. The van der Waals surface area contributed by atoms with Crippen LogP contribution >= 0.6 is 0 Å². The van der Waals surface area contributed by atoms with Crippen molar-refractivity contribution in [3.8, 4) is 0 Å². The Balaban J connectivity index is 2.13. The molecule has 0 fully saturated rings. The Hall–Kier alpha value is -2.55. The van der Waals surface area contributed by atoms with Gasteiger partial charge in [0.1, 0.15) is 0 Å². The van der Waals surface area contributed by atoms with Gasteiger partial charge in [-0.15, -0.1) is 0 Å². The van der Waals surface area contributed by atoms with E-state index in [1.807, 2.05) is 60.7 Å². The van der Waals surface area contributed by atoms with Crippen LogP contribution < -0.4 is 5.73 Å². The van der Waals surface area contributed by atoms with E-state index in [2.05, 4.69) is 11.8 Å². The molecule has 0 amide bonds. The summed E-state index contributed by atoms with van der Waals surface area (Å²) in [4.78, 5) is 0. The third kappa shape index (κ3) is 3.71. The number of hydrogen-bond acceptors (Lipinski definition) is 3. The largest absolute Gasteiger partial charge is 0.397 e. The first kappa shape index (κ1) is 12.9. The molecule has 0 unspecified atom stereocenters. The van der Waals surface area contributed by atoms with Crippen molar-refractivity contribution < 1.29 is 0 Å². The number of benzene rings is 2. The van der Waals surface area contributed by atoms with E-state index in [4.69, 9.17) is 5.73 Å². The highest BCUT2D eigenvalue weighted by Crippen LogP contribution is 2.11. The van der Waals surface area contributed by atoms with Crippen molar-refractivity contribution in [2.75, 3.05) is 0 Å². The van der Waals surface area contributed by atoms with Gasteiger partial charge in [0.2, 0.25) is 0 Å². The summed E-state index contributed by atoms with van der Waals surface area (Å²) in [5.74, 6) is 0. The molecule has 0 aromatic heterocycles. The van der Waals surface area contributed by atoms with Crippen molar-refractivity contribution >= 4 is 12.4 Å². The van der Waals surface area contributed by atoms with Crippen molar-refractivity contribution in [3.05, 3.63) is 78.0 Å². The molecular weight excluding hydrogens is 234 g/mol. The summed E-state index contributed by atoms with van der Waals surface area (Å²) in [5, 5.41) is 5.71. The molecule has 0 atom stereocenters. The van der Waals surface area contributed by atoms with E-state index in [0.29, 0.717) is 12.2 Å². The molecule has 0 aliphatic rings. The molecule has 0 saturated carbocycles. The van der Waals surface area contributed by atoms with Gasteiger partial charge in [0, 0.05) is 12.9 Å². The molecule has 2 aromatic carbocycles. The average Bonchev–Trinajstić information content (AvgIpc) is 2.48. The Labute approximate surface area is 113 Å². The fourth-order valence-corrected chi connectivity index (χ4v) is 1.77. The van der Waals surface area contributed by atoms with Gasteiger partial charge in [-0.25, -0.2) is 0 Å². The zero-order chi connectivity index (χ0) is 13.5. The number of nitrogens with zero attached hydrogens (tertiary/aromatic N) is 2. The van der Waals surface area contributed by atoms with Crippen molar-refractivity contribution in [3.63, 3.8) is 0 Å². The summed E-state index contributed by atoms with van der Waals surface area (Å²) in [6, 6.07) is 19.9. The van der Waals surface area contributed by atoms with E-state index < -0.39 is 0 Å². The second-order valence-electron chi connectivity index (χ2n) is 4.18. The maximum Gasteiger partial charge on any atom is 0.0660 e. The van der Waals surface area contributed by atoms with Crippen LogP contribution in [-0.4, -0.2) is 11.7 Å². The normalized spacial score (nSPS) is 11.1. The second-order valence-corrected chi connectivity index (χ2v) is 4.18. The number of rotatable bonds is 5. The Morgan fingerprint density at radius 2 is 1.63 bits per heavy atom. The van der Waals surface area contributed by atoms with Crippen LogP contribution in [0.1, 0.15) is 11.1 Å². The summed E-state index contributed by atoms with van der Waals surface area (Å²) >= 11 is 0. The standard InChI is InChI=1S/C16H17N3/c1-18-19(12-14-8-4-2-5-9-14)13-16(17)15-10-6-3-7-11-15/h2-11,13H,1,12,17H2/b16-13-. The lowest BCUT2D eigenvalue weighted by Crippen LogP contribution is -2.12. The highest BCUT2D eigenvalue weighted by atomic mass is 15.4. The Morgan fingerprint density at radius 1 is 1.05 bits per heavy atom. The van der Waals surface area contributed by atoms with E-state index in [1.54, 1.807) is 11.2 Å². The summed E-state index contributed by atoms with van der Waals surface area (Å²) in [7, 11) is 0. The predicted octanol–water partition coefficient (Wildman–Crippen LogP) is 3.06. The van der Waals surface area contributed by atoms with Crippen LogP contribution in [0.3, 0.4) is 0 Å². The van der Waals surface area contributed by atoms with Crippen LogP contribution in [0, 0.1) is 0 Å². The summed E-state index contributed by atoms with van der Waals surface area (Å²) in [5.41, 5.74) is 8.86.